The molecule has 4 nitrogen and oxygen atoms in total. The van der Waals surface area contributed by atoms with E-state index in [4.69, 9.17) is 9.31 Å². The largest absolute Gasteiger partial charge is 0.494 e. The molecular weight excluding hydrogens is 373 g/mol. The standard InChI is InChI=1S/C25H26BNO3/c1-24(2)25(3,4)30-26(29-24)20-12-15-23(22(16-20)19-8-6-5-7-9-19)27-21-13-10-18(17-28)11-14-21/h5-17,27H,1-4H3. The number of benzene rings is 3. The second-order valence-corrected chi connectivity index (χ2v) is 8.62. The summed E-state index contributed by atoms with van der Waals surface area (Å²) in [4.78, 5) is 10.9. The van der Waals surface area contributed by atoms with Gasteiger partial charge >= 0.3 is 7.12 Å². The highest BCUT2D eigenvalue weighted by Crippen LogP contribution is 2.37. The van der Waals surface area contributed by atoms with Crippen molar-refractivity contribution < 1.29 is 14.1 Å². The summed E-state index contributed by atoms with van der Waals surface area (Å²) >= 11 is 0. The second-order valence-electron chi connectivity index (χ2n) is 8.62. The van der Waals surface area contributed by atoms with E-state index in [0.29, 0.717) is 5.56 Å². The molecule has 1 N–H and O–H groups in total. The van der Waals surface area contributed by atoms with Crippen molar-refractivity contribution in [1.29, 1.82) is 0 Å². The van der Waals surface area contributed by atoms with Gasteiger partial charge in [-0.15, -0.1) is 0 Å². The molecule has 0 spiro atoms. The van der Waals surface area contributed by atoms with Gasteiger partial charge in [-0.1, -0.05) is 42.5 Å². The van der Waals surface area contributed by atoms with E-state index in [1.54, 1.807) is 12.1 Å². The molecule has 0 atom stereocenters. The van der Waals surface area contributed by atoms with Crippen molar-refractivity contribution in [3.8, 4) is 11.1 Å². The summed E-state index contributed by atoms with van der Waals surface area (Å²) < 4.78 is 12.5. The summed E-state index contributed by atoms with van der Waals surface area (Å²) in [5.41, 5.74) is 4.91. The molecular formula is C25H26BNO3. The van der Waals surface area contributed by atoms with Crippen molar-refractivity contribution >= 4 is 30.2 Å². The van der Waals surface area contributed by atoms with Crippen molar-refractivity contribution in [3.63, 3.8) is 0 Å². The predicted molar refractivity (Wildman–Crippen MR) is 123 cm³/mol. The lowest BCUT2D eigenvalue weighted by Crippen LogP contribution is -2.41. The molecule has 5 heteroatoms. The summed E-state index contributed by atoms with van der Waals surface area (Å²) in [6, 6.07) is 23.9. The number of rotatable bonds is 5. The zero-order valence-corrected chi connectivity index (χ0v) is 17.8. The van der Waals surface area contributed by atoms with E-state index in [9.17, 15) is 4.79 Å². The average Bonchev–Trinajstić information content (AvgIpc) is 2.96. The molecule has 0 amide bonds. The Labute approximate surface area is 178 Å². The molecule has 1 fully saturated rings. The van der Waals surface area contributed by atoms with Crippen molar-refractivity contribution in [2.75, 3.05) is 5.32 Å². The van der Waals surface area contributed by atoms with Crippen LogP contribution in [0.3, 0.4) is 0 Å². The summed E-state index contributed by atoms with van der Waals surface area (Å²) in [5.74, 6) is 0. The quantitative estimate of drug-likeness (QED) is 0.473. The first-order valence-electron chi connectivity index (χ1n) is 10.2. The van der Waals surface area contributed by atoms with E-state index in [1.165, 1.54) is 0 Å². The van der Waals surface area contributed by atoms with Gasteiger partial charge in [-0.05, 0) is 69.1 Å². The first-order valence-corrected chi connectivity index (χ1v) is 10.2. The Hall–Kier alpha value is -2.89. The Kier molecular flexibility index (Phi) is 5.26. The van der Waals surface area contributed by atoms with Crippen molar-refractivity contribution in [1.82, 2.24) is 0 Å². The number of hydrogen-bond donors (Lipinski definition) is 1. The predicted octanol–water partition coefficient (Wildman–Crippen LogP) is 5.21. The molecule has 1 heterocycles. The maximum atomic E-state index is 10.9. The Morgan fingerprint density at radius 1 is 0.833 bits per heavy atom. The second kappa shape index (κ2) is 7.75. The van der Waals surface area contributed by atoms with E-state index < -0.39 is 7.12 Å². The van der Waals surface area contributed by atoms with Crippen LogP contribution >= 0.6 is 0 Å². The van der Waals surface area contributed by atoms with Crippen LogP contribution in [0.5, 0.6) is 0 Å². The van der Waals surface area contributed by atoms with Crippen LogP contribution in [0.15, 0.2) is 72.8 Å². The monoisotopic (exact) mass is 399 g/mol. The Bertz CT molecular complexity index is 1030. The molecule has 0 bridgehead atoms. The van der Waals surface area contributed by atoms with Gasteiger partial charge in [0.05, 0.1) is 11.2 Å². The SMILES string of the molecule is CC1(C)OB(c2ccc(Nc3ccc(C=O)cc3)c(-c3ccccc3)c2)OC1(C)C. The third-order valence-corrected chi connectivity index (χ3v) is 5.98. The van der Waals surface area contributed by atoms with Crippen LogP contribution in [-0.4, -0.2) is 24.6 Å². The fourth-order valence-corrected chi connectivity index (χ4v) is 3.45. The van der Waals surface area contributed by atoms with E-state index >= 15 is 0 Å². The lowest BCUT2D eigenvalue weighted by Gasteiger charge is -2.32. The highest BCUT2D eigenvalue weighted by Gasteiger charge is 2.51. The van der Waals surface area contributed by atoms with Crippen LogP contribution in [0.2, 0.25) is 0 Å². The van der Waals surface area contributed by atoms with E-state index in [2.05, 4.69) is 57.3 Å². The van der Waals surface area contributed by atoms with E-state index in [1.807, 2.05) is 36.4 Å². The van der Waals surface area contributed by atoms with E-state index in [0.717, 1.165) is 34.3 Å². The van der Waals surface area contributed by atoms with Gasteiger partial charge in [-0.25, -0.2) is 0 Å². The van der Waals surface area contributed by atoms with Crippen LogP contribution < -0.4 is 10.8 Å². The zero-order chi connectivity index (χ0) is 21.4. The maximum absolute atomic E-state index is 10.9. The smallest absolute Gasteiger partial charge is 0.399 e. The lowest BCUT2D eigenvalue weighted by atomic mass is 9.77. The lowest BCUT2D eigenvalue weighted by molar-refractivity contribution is 0.00578. The van der Waals surface area contributed by atoms with Gasteiger partial charge in [0.1, 0.15) is 6.29 Å². The van der Waals surface area contributed by atoms with E-state index in [-0.39, 0.29) is 11.2 Å². The third-order valence-electron chi connectivity index (χ3n) is 5.98. The minimum Gasteiger partial charge on any atom is -0.399 e. The van der Waals surface area contributed by atoms with Crippen LogP contribution in [0.4, 0.5) is 11.4 Å². The fraction of sp³-hybridized carbons (Fsp3) is 0.240. The highest BCUT2D eigenvalue weighted by molar-refractivity contribution is 6.62. The molecule has 152 valence electrons. The molecule has 0 aromatic heterocycles. The molecule has 0 unspecified atom stereocenters. The number of carbonyl (C=O) groups is 1. The normalized spacial score (nSPS) is 17.0. The van der Waals surface area contributed by atoms with Gasteiger partial charge in [0.2, 0.25) is 0 Å². The first-order chi connectivity index (χ1) is 14.3. The summed E-state index contributed by atoms with van der Waals surface area (Å²) in [6.07, 6.45) is 0.846. The molecule has 30 heavy (non-hydrogen) atoms. The molecule has 1 aliphatic rings. The summed E-state index contributed by atoms with van der Waals surface area (Å²) in [6.45, 7) is 8.24. The number of anilines is 2. The molecule has 3 aromatic rings. The van der Waals surface area contributed by atoms with Crippen LogP contribution in [-0.2, 0) is 9.31 Å². The first kappa shape index (κ1) is 20.4. The average molecular weight is 399 g/mol. The molecule has 3 aromatic carbocycles. The minimum absolute atomic E-state index is 0.387. The van der Waals surface area contributed by atoms with Gasteiger partial charge in [-0.2, -0.15) is 0 Å². The number of hydrogen-bond acceptors (Lipinski definition) is 4. The topological polar surface area (TPSA) is 47.6 Å². The number of nitrogens with one attached hydrogen (secondary N) is 1. The molecule has 0 radical (unpaired) electrons. The third kappa shape index (κ3) is 3.91. The Balaban J connectivity index is 1.71. The molecule has 4 rings (SSSR count). The molecule has 1 aliphatic heterocycles. The Morgan fingerprint density at radius 3 is 2.07 bits per heavy atom. The number of aldehydes is 1. The molecule has 0 aliphatic carbocycles. The van der Waals surface area contributed by atoms with Gasteiger partial charge in [0.15, 0.2) is 0 Å². The highest BCUT2D eigenvalue weighted by atomic mass is 16.7. The van der Waals surface area contributed by atoms with Gasteiger partial charge in [0.25, 0.3) is 0 Å². The molecule has 1 saturated heterocycles. The van der Waals surface area contributed by atoms with Crippen molar-refractivity contribution in [2.24, 2.45) is 0 Å². The van der Waals surface area contributed by atoms with Crippen LogP contribution in [0.25, 0.3) is 11.1 Å². The summed E-state index contributed by atoms with van der Waals surface area (Å²) in [7, 11) is -0.418. The molecule has 0 saturated carbocycles. The zero-order valence-electron chi connectivity index (χ0n) is 17.8. The van der Waals surface area contributed by atoms with Crippen LogP contribution in [0, 0.1) is 0 Å². The maximum Gasteiger partial charge on any atom is 0.494 e. The van der Waals surface area contributed by atoms with Crippen molar-refractivity contribution in [2.45, 2.75) is 38.9 Å². The Morgan fingerprint density at radius 2 is 1.47 bits per heavy atom. The van der Waals surface area contributed by atoms with Crippen LogP contribution in [0.1, 0.15) is 38.1 Å². The summed E-state index contributed by atoms with van der Waals surface area (Å²) in [5, 5.41) is 3.48. The van der Waals surface area contributed by atoms with Crippen molar-refractivity contribution in [3.05, 3.63) is 78.4 Å². The fourth-order valence-electron chi connectivity index (χ4n) is 3.45. The van der Waals surface area contributed by atoms with Gasteiger partial charge in [-0.3, -0.25) is 4.79 Å². The number of carbonyl (C=O) groups excluding carboxylic acids is 1. The minimum atomic E-state index is -0.418. The van der Waals surface area contributed by atoms with Gasteiger partial charge in [0, 0.05) is 22.5 Å². The van der Waals surface area contributed by atoms with Gasteiger partial charge < -0.3 is 14.6 Å².